The molecule has 0 aliphatic carbocycles. The molecule has 0 aliphatic heterocycles. The Morgan fingerprint density at radius 3 is 2.40 bits per heavy atom. The molecule has 1 aromatic carbocycles. The average molecular weight is 715 g/mol. The van der Waals surface area contributed by atoms with E-state index in [2.05, 4.69) is 39.9 Å². The van der Waals surface area contributed by atoms with Gasteiger partial charge in [0.2, 0.25) is 17.8 Å². The number of carbonyl (C=O) groups is 4. The number of anilines is 1. The number of carbonyl (C=O) groups excluding carboxylic acids is 4. The number of amides is 3. The number of esters is 1. The fourth-order valence-electron chi connectivity index (χ4n) is 5.00. The van der Waals surface area contributed by atoms with Crippen molar-refractivity contribution in [2.75, 3.05) is 52.6 Å². The lowest BCUT2D eigenvalue weighted by molar-refractivity contribution is -0.147. The van der Waals surface area contributed by atoms with E-state index in [1.54, 1.807) is 30.5 Å². The van der Waals surface area contributed by atoms with Gasteiger partial charge < -0.3 is 35.0 Å². The summed E-state index contributed by atoms with van der Waals surface area (Å²) in [5.74, 6) is -2.07. The SMILES string of the molecule is CCOCCC(=O)N(CCOCOC)C(=O)CC[C@@H](NC(=O)c1ccc(CCc2c[nH]c3nc(N)[nH]c(=O)c23)cc1)C(=O)OCC[Si](C)(C)C. The first-order valence-corrected chi connectivity index (χ1v) is 20.4. The van der Waals surface area contributed by atoms with Crippen molar-refractivity contribution in [3.8, 4) is 0 Å². The third-order valence-corrected chi connectivity index (χ3v) is 9.51. The van der Waals surface area contributed by atoms with Crippen LogP contribution in [0.3, 0.4) is 0 Å². The number of fused-ring (bicyclic) bond motifs is 1. The first kappa shape index (κ1) is 40.0. The van der Waals surface area contributed by atoms with Gasteiger partial charge in [-0.25, -0.2) is 4.79 Å². The number of methoxy groups -OCH3 is 1. The van der Waals surface area contributed by atoms with Gasteiger partial charge in [-0.15, -0.1) is 0 Å². The molecule has 3 aromatic rings. The van der Waals surface area contributed by atoms with Gasteiger partial charge in [-0.1, -0.05) is 31.8 Å². The molecule has 5 N–H and O–H groups in total. The van der Waals surface area contributed by atoms with E-state index in [4.69, 9.17) is 24.7 Å². The molecule has 3 rings (SSSR count). The summed E-state index contributed by atoms with van der Waals surface area (Å²) in [6.45, 7) is 9.15. The predicted molar refractivity (Wildman–Crippen MR) is 190 cm³/mol. The molecular formula is C34H50N6O9Si. The summed E-state index contributed by atoms with van der Waals surface area (Å²) in [5, 5.41) is 3.18. The highest BCUT2D eigenvalue weighted by Crippen LogP contribution is 2.17. The topological polar surface area (TPSA) is 208 Å². The van der Waals surface area contributed by atoms with Crippen molar-refractivity contribution in [3.63, 3.8) is 0 Å². The average Bonchev–Trinajstić information content (AvgIpc) is 3.48. The van der Waals surface area contributed by atoms with Gasteiger partial charge in [-0.05, 0) is 55.5 Å². The van der Waals surface area contributed by atoms with Crippen molar-refractivity contribution >= 4 is 48.7 Å². The Balaban J connectivity index is 1.68. The Bertz CT molecular complexity index is 1630. The van der Waals surface area contributed by atoms with Crippen LogP contribution in [0.1, 0.15) is 47.7 Å². The molecule has 0 fully saturated rings. The molecule has 274 valence electrons. The van der Waals surface area contributed by atoms with Crippen LogP contribution in [0.2, 0.25) is 25.7 Å². The number of rotatable bonds is 21. The van der Waals surface area contributed by atoms with Crippen molar-refractivity contribution in [2.45, 2.75) is 70.8 Å². The summed E-state index contributed by atoms with van der Waals surface area (Å²) in [7, 11) is -0.0440. The normalized spacial score (nSPS) is 12.1. The zero-order valence-electron chi connectivity index (χ0n) is 29.6. The standard InChI is InChI=1S/C34H50N6O9Si/c1-6-47-17-15-28(42)40(16-18-48-22-46-2)27(41)14-13-26(33(45)49-19-20-50(3,4)5)37-31(43)24-10-7-23(8-11-24)9-12-25-21-36-30-29(25)32(44)39-34(35)38-30/h7-8,10-11,21,26H,6,9,12-20,22H2,1-5H3,(H,37,43)(H4,35,36,38,39,44)/t26-/m1/s1. The molecule has 1 atom stereocenters. The first-order valence-electron chi connectivity index (χ1n) is 16.7. The molecule has 2 aromatic heterocycles. The number of hydrogen-bond donors (Lipinski definition) is 4. The fourth-order valence-corrected chi connectivity index (χ4v) is 5.71. The highest BCUT2D eigenvalue weighted by Gasteiger charge is 2.28. The molecule has 0 unspecified atom stereocenters. The third kappa shape index (κ3) is 12.8. The number of nitrogens with two attached hydrogens (primary N) is 1. The van der Waals surface area contributed by atoms with Gasteiger partial charge >= 0.3 is 5.97 Å². The molecular weight excluding hydrogens is 664 g/mol. The van der Waals surface area contributed by atoms with Crippen LogP contribution in [-0.4, -0.2) is 105 Å². The maximum Gasteiger partial charge on any atom is 0.328 e. The molecule has 50 heavy (non-hydrogen) atoms. The van der Waals surface area contributed by atoms with Crippen LogP contribution < -0.4 is 16.6 Å². The van der Waals surface area contributed by atoms with Crippen molar-refractivity contribution in [2.24, 2.45) is 0 Å². The first-order chi connectivity index (χ1) is 23.8. The molecule has 0 spiro atoms. The summed E-state index contributed by atoms with van der Waals surface area (Å²) < 4.78 is 21.0. The Kier molecular flexibility index (Phi) is 15.8. The van der Waals surface area contributed by atoms with Gasteiger partial charge in [0.05, 0.1) is 38.2 Å². The third-order valence-electron chi connectivity index (χ3n) is 7.80. The number of aromatic amines is 2. The molecule has 0 bridgehead atoms. The van der Waals surface area contributed by atoms with Gasteiger partial charge in [0.15, 0.2) is 0 Å². The number of imide groups is 1. The van der Waals surface area contributed by atoms with E-state index in [0.717, 1.165) is 22.1 Å². The van der Waals surface area contributed by atoms with Gasteiger partial charge in [-0.2, -0.15) is 4.98 Å². The number of benzene rings is 1. The van der Waals surface area contributed by atoms with Crippen molar-refractivity contribution in [1.29, 1.82) is 0 Å². The van der Waals surface area contributed by atoms with Gasteiger partial charge in [0.25, 0.3) is 11.5 Å². The summed E-state index contributed by atoms with van der Waals surface area (Å²) in [5.41, 5.74) is 7.76. The molecule has 2 heterocycles. The number of aromatic nitrogens is 3. The van der Waals surface area contributed by atoms with Crippen LogP contribution in [0.25, 0.3) is 11.0 Å². The van der Waals surface area contributed by atoms with Crippen LogP contribution in [-0.2, 0) is 46.2 Å². The van der Waals surface area contributed by atoms with Gasteiger partial charge in [0, 0.05) is 40.0 Å². The number of nitrogen functional groups attached to an aromatic ring is 1. The Labute approximate surface area is 292 Å². The quantitative estimate of drug-likeness (QED) is 0.0546. The smallest absolute Gasteiger partial charge is 0.328 e. The van der Waals surface area contributed by atoms with Crippen molar-refractivity contribution < 1.29 is 38.1 Å². The van der Waals surface area contributed by atoms with Crippen LogP contribution in [0.15, 0.2) is 35.3 Å². The molecule has 16 heteroatoms. The van der Waals surface area contributed by atoms with E-state index in [1.807, 2.05) is 6.92 Å². The van der Waals surface area contributed by atoms with E-state index in [9.17, 15) is 24.0 Å². The Hall–Kier alpha value is -4.38. The molecule has 0 aliphatic rings. The van der Waals surface area contributed by atoms with Crippen LogP contribution in [0.4, 0.5) is 5.95 Å². The van der Waals surface area contributed by atoms with E-state index >= 15 is 0 Å². The minimum atomic E-state index is -1.51. The fraction of sp³-hybridized carbons (Fsp3) is 0.529. The summed E-state index contributed by atoms with van der Waals surface area (Å²) in [4.78, 5) is 75.8. The number of ether oxygens (including phenoxy) is 4. The van der Waals surface area contributed by atoms with Crippen LogP contribution >= 0.6 is 0 Å². The molecule has 0 radical (unpaired) electrons. The van der Waals surface area contributed by atoms with E-state index in [0.29, 0.717) is 36.0 Å². The lowest BCUT2D eigenvalue weighted by Crippen LogP contribution is -2.44. The maximum absolute atomic E-state index is 13.3. The monoisotopic (exact) mass is 714 g/mol. The second kappa shape index (κ2) is 19.7. The molecule has 0 saturated carbocycles. The zero-order chi connectivity index (χ0) is 36.7. The number of nitrogens with zero attached hydrogens (tertiary/aromatic N) is 2. The second-order valence-corrected chi connectivity index (χ2v) is 18.6. The molecule has 3 amide bonds. The summed E-state index contributed by atoms with van der Waals surface area (Å²) >= 11 is 0. The number of aryl methyl sites for hydroxylation is 2. The van der Waals surface area contributed by atoms with E-state index in [-0.39, 0.29) is 63.9 Å². The highest BCUT2D eigenvalue weighted by atomic mass is 28.3. The molecule has 0 saturated heterocycles. The second-order valence-electron chi connectivity index (χ2n) is 12.9. The minimum Gasteiger partial charge on any atom is -0.464 e. The maximum atomic E-state index is 13.3. The lowest BCUT2D eigenvalue weighted by atomic mass is 10.0. The largest absolute Gasteiger partial charge is 0.464 e. The predicted octanol–water partition coefficient (Wildman–Crippen LogP) is 2.78. The van der Waals surface area contributed by atoms with Crippen LogP contribution in [0, 0.1) is 0 Å². The van der Waals surface area contributed by atoms with E-state index < -0.39 is 37.8 Å². The van der Waals surface area contributed by atoms with Crippen molar-refractivity contribution in [1.82, 2.24) is 25.2 Å². The minimum absolute atomic E-state index is 0.000489. The zero-order valence-corrected chi connectivity index (χ0v) is 30.6. The van der Waals surface area contributed by atoms with E-state index in [1.165, 1.54) is 7.11 Å². The van der Waals surface area contributed by atoms with Crippen molar-refractivity contribution in [3.05, 3.63) is 57.5 Å². The van der Waals surface area contributed by atoms with Gasteiger partial charge in [0.1, 0.15) is 18.5 Å². The number of hydrogen-bond acceptors (Lipinski definition) is 11. The lowest BCUT2D eigenvalue weighted by Gasteiger charge is -2.23. The Morgan fingerprint density at radius 2 is 1.72 bits per heavy atom. The summed E-state index contributed by atoms with van der Waals surface area (Å²) in [6, 6.07) is 6.50. The summed E-state index contributed by atoms with van der Waals surface area (Å²) in [6.07, 6.45) is 2.59. The van der Waals surface area contributed by atoms with Gasteiger partial charge in [-0.3, -0.25) is 29.1 Å². The number of nitrogens with one attached hydrogen (secondary N) is 3. The van der Waals surface area contributed by atoms with Crippen LogP contribution in [0.5, 0.6) is 0 Å². The number of H-pyrrole nitrogens is 2. The highest BCUT2D eigenvalue weighted by molar-refractivity contribution is 6.76. The Morgan fingerprint density at radius 1 is 1.00 bits per heavy atom. The molecule has 15 nitrogen and oxygen atoms in total.